The molecule has 32 heavy (non-hydrogen) atoms. The maximum Gasteiger partial charge on any atom is 0.293 e. The highest BCUT2D eigenvalue weighted by atomic mass is 35.5. The third kappa shape index (κ3) is 4.26. The van der Waals surface area contributed by atoms with Crippen molar-refractivity contribution in [1.29, 1.82) is 0 Å². The van der Waals surface area contributed by atoms with Gasteiger partial charge in [0.25, 0.3) is 12.9 Å². The zero-order chi connectivity index (χ0) is 22.6. The van der Waals surface area contributed by atoms with Crippen molar-refractivity contribution < 1.29 is 28.2 Å². The van der Waals surface area contributed by atoms with E-state index in [0.717, 1.165) is 11.1 Å². The molecule has 2 aliphatic heterocycles. The Bertz CT molecular complexity index is 1050. The van der Waals surface area contributed by atoms with Crippen LogP contribution in [0.1, 0.15) is 5.56 Å². The zero-order valence-corrected chi connectivity index (χ0v) is 17.8. The number of halogens is 2. The van der Waals surface area contributed by atoms with Gasteiger partial charge in [-0.1, -0.05) is 35.9 Å². The van der Waals surface area contributed by atoms with Crippen LogP contribution in [0.25, 0.3) is 0 Å². The maximum absolute atomic E-state index is 13.5. The molecular formula is C24H21ClFNO5. The Morgan fingerprint density at radius 1 is 1.09 bits per heavy atom. The first-order valence-corrected chi connectivity index (χ1v) is 10.4. The topological polar surface area (TPSA) is 73.9 Å². The first kappa shape index (κ1) is 22.0. The van der Waals surface area contributed by atoms with E-state index in [1.807, 2.05) is 36.4 Å². The molecule has 0 saturated carbocycles. The Morgan fingerprint density at radius 2 is 1.81 bits per heavy atom. The van der Waals surface area contributed by atoms with Gasteiger partial charge >= 0.3 is 0 Å². The van der Waals surface area contributed by atoms with Crippen LogP contribution in [0.4, 0.5) is 10.1 Å². The summed E-state index contributed by atoms with van der Waals surface area (Å²) in [7, 11) is 0. The Kier molecular flexibility index (Phi) is 6.58. The highest BCUT2D eigenvalue weighted by Crippen LogP contribution is 2.47. The first-order valence-electron chi connectivity index (χ1n) is 10.0. The van der Waals surface area contributed by atoms with Crippen molar-refractivity contribution in [1.82, 2.24) is 0 Å². The molecule has 0 aliphatic carbocycles. The molecule has 0 saturated heterocycles. The number of nitrogens with one attached hydrogen (secondary N) is 1. The molecule has 0 amide bonds. The second kappa shape index (κ2) is 9.54. The molecule has 2 aromatic rings. The van der Waals surface area contributed by atoms with E-state index < -0.39 is 17.7 Å². The fourth-order valence-corrected chi connectivity index (χ4v) is 4.48. The number of carbonyl (C=O) groups excluding carboxylic acids is 2. The van der Waals surface area contributed by atoms with Crippen LogP contribution < -0.4 is 5.32 Å². The highest BCUT2D eigenvalue weighted by molar-refractivity contribution is 6.31. The number of ether oxygens (including phenoxy) is 3. The standard InChI is InChI=1S/C24H21ClFNO5/c25-21-4-2-1-3-16(21)11-23(27-18-7-5-17(26)6-8-18)24-10-9-22(32-24)19(12-30-14-28)20(24)13-31-15-29/h1-10,14-15,22-23,27H,11-13H2. The van der Waals surface area contributed by atoms with Crippen LogP contribution in [0.3, 0.4) is 0 Å². The molecule has 6 nitrogen and oxygen atoms in total. The van der Waals surface area contributed by atoms with E-state index in [1.165, 1.54) is 12.1 Å². The fourth-order valence-electron chi connectivity index (χ4n) is 4.27. The SMILES string of the molecule is O=COCC1=C(COC=O)C2(C(Cc3ccccc3Cl)Nc3ccc(F)cc3)C=CC1O2. The average molecular weight is 458 g/mol. The van der Waals surface area contributed by atoms with Crippen LogP contribution in [-0.4, -0.2) is 43.9 Å². The van der Waals surface area contributed by atoms with E-state index in [-0.39, 0.29) is 19.0 Å². The third-order valence-corrected chi connectivity index (χ3v) is 6.10. The van der Waals surface area contributed by atoms with Crippen molar-refractivity contribution in [3.63, 3.8) is 0 Å². The van der Waals surface area contributed by atoms with E-state index in [9.17, 15) is 14.0 Å². The molecule has 0 fully saturated rings. The second-order valence-corrected chi connectivity index (χ2v) is 7.92. The fraction of sp³-hybridized carbons (Fsp3) is 0.250. The molecule has 1 N–H and O–H groups in total. The molecule has 2 bridgehead atoms. The van der Waals surface area contributed by atoms with Crippen LogP contribution in [0.5, 0.6) is 0 Å². The van der Waals surface area contributed by atoms with Gasteiger partial charge in [-0.15, -0.1) is 0 Å². The Hall–Kier alpha value is -3.16. The lowest BCUT2D eigenvalue weighted by atomic mass is 9.79. The molecule has 2 aliphatic rings. The molecule has 3 unspecified atom stereocenters. The van der Waals surface area contributed by atoms with Gasteiger partial charge in [-0.25, -0.2) is 4.39 Å². The van der Waals surface area contributed by atoms with Gasteiger partial charge < -0.3 is 19.5 Å². The van der Waals surface area contributed by atoms with Gasteiger partial charge in [0.05, 0.1) is 6.04 Å². The molecule has 0 aromatic heterocycles. The smallest absolute Gasteiger partial charge is 0.293 e. The van der Waals surface area contributed by atoms with E-state index >= 15 is 0 Å². The van der Waals surface area contributed by atoms with Crippen LogP contribution in [0, 0.1) is 5.82 Å². The monoisotopic (exact) mass is 457 g/mol. The Labute approximate surface area is 189 Å². The lowest BCUT2D eigenvalue weighted by Crippen LogP contribution is -2.48. The first-order chi connectivity index (χ1) is 15.6. The van der Waals surface area contributed by atoms with E-state index in [0.29, 0.717) is 35.6 Å². The zero-order valence-electron chi connectivity index (χ0n) is 17.0. The summed E-state index contributed by atoms with van der Waals surface area (Å²) in [5.74, 6) is -0.345. The maximum atomic E-state index is 13.5. The number of rotatable bonds is 11. The predicted molar refractivity (Wildman–Crippen MR) is 117 cm³/mol. The summed E-state index contributed by atoms with van der Waals surface area (Å²) in [5.41, 5.74) is 2.02. The van der Waals surface area contributed by atoms with Crippen LogP contribution in [0.2, 0.25) is 5.02 Å². The summed E-state index contributed by atoms with van der Waals surface area (Å²) >= 11 is 6.44. The summed E-state index contributed by atoms with van der Waals surface area (Å²) in [4.78, 5) is 21.8. The van der Waals surface area contributed by atoms with E-state index in [4.69, 9.17) is 25.8 Å². The Balaban J connectivity index is 1.75. The van der Waals surface area contributed by atoms with Crippen molar-refractivity contribution in [2.75, 3.05) is 18.5 Å². The second-order valence-electron chi connectivity index (χ2n) is 7.51. The number of hydrogen-bond donors (Lipinski definition) is 1. The van der Waals surface area contributed by atoms with Gasteiger partial charge in [0, 0.05) is 21.9 Å². The van der Waals surface area contributed by atoms with Crippen molar-refractivity contribution in [3.05, 3.63) is 88.2 Å². The number of fused-ring (bicyclic) bond motifs is 2. The summed E-state index contributed by atoms with van der Waals surface area (Å²) in [5, 5.41) is 4.04. The van der Waals surface area contributed by atoms with Crippen LogP contribution in [0.15, 0.2) is 71.8 Å². The minimum absolute atomic E-state index is 0.0210. The van der Waals surface area contributed by atoms with E-state index in [2.05, 4.69) is 5.32 Å². The molecule has 166 valence electrons. The van der Waals surface area contributed by atoms with Crippen molar-refractivity contribution in [2.24, 2.45) is 0 Å². The summed E-state index contributed by atoms with van der Waals surface area (Å²) in [6.07, 6.45) is 3.85. The van der Waals surface area contributed by atoms with Crippen molar-refractivity contribution in [2.45, 2.75) is 24.2 Å². The highest BCUT2D eigenvalue weighted by Gasteiger charge is 2.53. The van der Waals surface area contributed by atoms with E-state index in [1.54, 1.807) is 12.1 Å². The van der Waals surface area contributed by atoms with Gasteiger partial charge in [0.15, 0.2) is 0 Å². The van der Waals surface area contributed by atoms with Crippen molar-refractivity contribution in [3.8, 4) is 0 Å². The largest absolute Gasteiger partial charge is 0.463 e. The molecule has 2 aromatic carbocycles. The number of hydrogen-bond acceptors (Lipinski definition) is 6. The van der Waals surface area contributed by atoms with Gasteiger partial charge in [0.1, 0.15) is 30.7 Å². The van der Waals surface area contributed by atoms with Gasteiger partial charge in [-0.3, -0.25) is 9.59 Å². The number of benzene rings is 2. The molecule has 0 spiro atoms. The average Bonchev–Trinajstić information content (AvgIpc) is 3.36. The van der Waals surface area contributed by atoms with Crippen LogP contribution in [-0.2, 0) is 30.2 Å². The summed E-state index contributed by atoms with van der Waals surface area (Å²) in [6, 6.07) is 13.1. The van der Waals surface area contributed by atoms with Gasteiger partial charge in [-0.05, 0) is 48.4 Å². The summed E-state index contributed by atoms with van der Waals surface area (Å²) in [6.45, 7) is 0.732. The molecule has 0 radical (unpaired) electrons. The quantitative estimate of drug-likeness (QED) is 0.408. The molecule has 4 rings (SSSR count). The lowest BCUT2D eigenvalue weighted by Gasteiger charge is -2.37. The molecule has 2 heterocycles. The van der Waals surface area contributed by atoms with Crippen LogP contribution >= 0.6 is 11.6 Å². The van der Waals surface area contributed by atoms with Crippen molar-refractivity contribution >= 4 is 30.2 Å². The summed E-state index contributed by atoms with van der Waals surface area (Å²) < 4.78 is 29.9. The third-order valence-electron chi connectivity index (χ3n) is 5.73. The minimum Gasteiger partial charge on any atom is -0.463 e. The number of anilines is 1. The Morgan fingerprint density at radius 3 is 2.53 bits per heavy atom. The minimum atomic E-state index is -0.983. The normalized spacial score (nSPS) is 22.0. The predicted octanol–water partition coefficient (Wildman–Crippen LogP) is 3.85. The molecule has 3 atom stereocenters. The molecular weight excluding hydrogens is 437 g/mol. The van der Waals surface area contributed by atoms with Gasteiger partial charge in [-0.2, -0.15) is 0 Å². The number of carbonyl (C=O) groups is 2. The molecule has 8 heteroatoms. The lowest BCUT2D eigenvalue weighted by molar-refractivity contribution is -0.129. The van der Waals surface area contributed by atoms with Gasteiger partial charge in [0.2, 0.25) is 0 Å².